The minimum absolute atomic E-state index is 0.00484. The van der Waals surface area contributed by atoms with Gasteiger partial charge in [-0.15, -0.1) is 0 Å². The van der Waals surface area contributed by atoms with Gasteiger partial charge in [0.25, 0.3) is 0 Å². The van der Waals surface area contributed by atoms with Crippen molar-refractivity contribution in [2.24, 2.45) is 0 Å². The van der Waals surface area contributed by atoms with Crippen LogP contribution in [0, 0.1) is 0 Å². The fraction of sp³-hybridized carbons (Fsp3) is 0.778. The first-order chi connectivity index (χ1) is 29.5. The van der Waals surface area contributed by atoms with Gasteiger partial charge in [-0.3, -0.25) is 9.59 Å². The molecule has 60 heavy (non-hydrogen) atoms. The van der Waals surface area contributed by atoms with Gasteiger partial charge in [-0.2, -0.15) is 0 Å². The van der Waals surface area contributed by atoms with Crippen molar-refractivity contribution in [2.75, 3.05) is 6.61 Å². The lowest BCUT2D eigenvalue weighted by molar-refractivity contribution is -0.150. The SMILES string of the molecule is CCCCC/C=C\C/C=C\C/C=C\C/C=C\CC(CC(=O)NC(CO)C(O)CCCCCCCCCCCCCCC)OC(=O)CCCCC/C=C\CCCCCCCC. The van der Waals surface area contributed by atoms with E-state index >= 15 is 0 Å². The third-order valence-corrected chi connectivity index (χ3v) is 11.3. The Kier molecular flexibility index (Phi) is 45.7. The zero-order valence-electron chi connectivity index (χ0n) is 39.6. The van der Waals surface area contributed by atoms with Crippen LogP contribution in [-0.2, 0) is 14.3 Å². The molecule has 0 aromatic carbocycles. The van der Waals surface area contributed by atoms with E-state index in [1.54, 1.807) is 0 Å². The number of ether oxygens (including phenoxy) is 1. The molecule has 0 aromatic rings. The van der Waals surface area contributed by atoms with Crippen LogP contribution in [-0.4, -0.2) is 46.9 Å². The normalized spacial score (nSPS) is 13.8. The summed E-state index contributed by atoms with van der Waals surface area (Å²) in [6.45, 7) is 6.41. The third-order valence-electron chi connectivity index (χ3n) is 11.3. The number of hydrogen-bond donors (Lipinski definition) is 3. The number of aliphatic hydroxyl groups excluding tert-OH is 2. The van der Waals surface area contributed by atoms with Crippen LogP contribution >= 0.6 is 0 Å². The van der Waals surface area contributed by atoms with E-state index in [2.05, 4.69) is 74.7 Å². The summed E-state index contributed by atoms with van der Waals surface area (Å²) in [7, 11) is 0. The Hall–Kier alpha value is -2.44. The van der Waals surface area contributed by atoms with Crippen molar-refractivity contribution in [2.45, 2.75) is 264 Å². The number of esters is 1. The largest absolute Gasteiger partial charge is 0.461 e. The topological polar surface area (TPSA) is 95.9 Å². The summed E-state index contributed by atoms with van der Waals surface area (Å²) >= 11 is 0. The van der Waals surface area contributed by atoms with Gasteiger partial charge in [0.15, 0.2) is 0 Å². The average molecular weight is 840 g/mol. The Morgan fingerprint density at radius 2 is 0.883 bits per heavy atom. The van der Waals surface area contributed by atoms with Crippen molar-refractivity contribution in [1.82, 2.24) is 5.32 Å². The maximum Gasteiger partial charge on any atom is 0.306 e. The summed E-state index contributed by atoms with van der Waals surface area (Å²) in [5.41, 5.74) is 0. The maximum absolute atomic E-state index is 13.2. The van der Waals surface area contributed by atoms with Crippen LogP contribution in [0.1, 0.15) is 245 Å². The van der Waals surface area contributed by atoms with E-state index < -0.39 is 18.2 Å². The molecular formula is C54H97NO5. The summed E-state index contributed by atoms with van der Waals surface area (Å²) in [6.07, 6.45) is 58.6. The lowest BCUT2D eigenvalue weighted by Crippen LogP contribution is -2.46. The number of aliphatic hydroxyl groups is 2. The van der Waals surface area contributed by atoms with Crippen LogP contribution in [0.4, 0.5) is 0 Å². The number of carbonyl (C=O) groups excluding carboxylic acids is 2. The van der Waals surface area contributed by atoms with Gasteiger partial charge < -0.3 is 20.3 Å². The molecule has 0 aliphatic heterocycles. The highest BCUT2D eigenvalue weighted by molar-refractivity contribution is 5.77. The lowest BCUT2D eigenvalue weighted by Gasteiger charge is -2.24. The minimum Gasteiger partial charge on any atom is -0.461 e. The van der Waals surface area contributed by atoms with Crippen molar-refractivity contribution < 1.29 is 24.5 Å². The minimum atomic E-state index is -0.813. The summed E-state index contributed by atoms with van der Waals surface area (Å²) in [5.74, 6) is -0.594. The molecule has 0 aliphatic rings. The Bertz CT molecular complexity index is 1080. The molecule has 0 rings (SSSR count). The lowest BCUT2D eigenvalue weighted by atomic mass is 10.0. The zero-order chi connectivity index (χ0) is 43.8. The molecule has 0 bridgehead atoms. The van der Waals surface area contributed by atoms with Crippen LogP contribution in [0.2, 0.25) is 0 Å². The van der Waals surface area contributed by atoms with E-state index in [0.717, 1.165) is 70.6 Å². The molecule has 1 amide bonds. The van der Waals surface area contributed by atoms with Crippen molar-refractivity contribution in [3.8, 4) is 0 Å². The first-order valence-electron chi connectivity index (χ1n) is 25.5. The summed E-state index contributed by atoms with van der Waals surface area (Å²) < 4.78 is 5.85. The first-order valence-corrected chi connectivity index (χ1v) is 25.5. The molecule has 0 aliphatic carbocycles. The van der Waals surface area contributed by atoms with Gasteiger partial charge in [0.05, 0.1) is 25.2 Å². The van der Waals surface area contributed by atoms with E-state index in [9.17, 15) is 19.8 Å². The molecule has 6 heteroatoms. The van der Waals surface area contributed by atoms with Crippen molar-refractivity contribution in [3.63, 3.8) is 0 Å². The third kappa shape index (κ3) is 42.3. The molecule has 348 valence electrons. The molecule has 0 radical (unpaired) electrons. The highest BCUT2D eigenvalue weighted by Gasteiger charge is 2.23. The van der Waals surface area contributed by atoms with Crippen LogP contribution < -0.4 is 5.32 Å². The van der Waals surface area contributed by atoms with Crippen molar-refractivity contribution in [1.29, 1.82) is 0 Å². The Morgan fingerprint density at radius 1 is 0.500 bits per heavy atom. The molecule has 3 N–H and O–H groups in total. The Labute approximate surface area is 371 Å². The molecule has 0 spiro atoms. The zero-order valence-corrected chi connectivity index (χ0v) is 39.6. The highest BCUT2D eigenvalue weighted by atomic mass is 16.5. The number of unbranched alkanes of at least 4 members (excludes halogenated alkanes) is 24. The number of allylic oxidation sites excluding steroid dienone is 9. The monoisotopic (exact) mass is 840 g/mol. The van der Waals surface area contributed by atoms with Gasteiger partial charge in [-0.05, 0) is 70.6 Å². The number of carbonyl (C=O) groups is 2. The second-order valence-electron chi connectivity index (χ2n) is 17.2. The van der Waals surface area contributed by atoms with E-state index in [1.165, 1.54) is 128 Å². The van der Waals surface area contributed by atoms with E-state index in [1.807, 2.05) is 12.2 Å². The van der Waals surface area contributed by atoms with Crippen molar-refractivity contribution >= 4 is 11.9 Å². The molecule has 3 unspecified atom stereocenters. The Balaban J connectivity index is 4.74. The number of nitrogens with one attached hydrogen (secondary N) is 1. The molecule has 0 saturated carbocycles. The highest BCUT2D eigenvalue weighted by Crippen LogP contribution is 2.16. The molecule has 6 nitrogen and oxygen atoms in total. The van der Waals surface area contributed by atoms with Crippen molar-refractivity contribution in [3.05, 3.63) is 60.8 Å². The summed E-state index contributed by atoms with van der Waals surface area (Å²) in [6, 6.07) is -0.734. The maximum atomic E-state index is 13.2. The molecule has 0 fully saturated rings. The predicted octanol–water partition coefficient (Wildman–Crippen LogP) is 15.2. The molecular weight excluding hydrogens is 743 g/mol. The standard InChI is InChI=1S/C54H97NO5/c1-4-7-10-13-16-19-22-25-26-29-30-33-36-39-42-45-50(60-54(59)47-44-41-38-35-32-28-24-21-18-15-12-9-6-3)48-53(58)55-51(49-56)52(57)46-43-40-37-34-31-27-23-20-17-14-11-8-5-2/h16,19,25-26,28,30,32-33,39,42,50-52,56-57H,4-15,17-18,20-24,27,29,31,34-38,40-41,43-49H2,1-3H3,(H,55,58)/b19-16-,26-25-,32-28-,33-30-,42-39-. The van der Waals surface area contributed by atoms with Gasteiger partial charge in [-0.1, -0.05) is 216 Å². The molecule has 0 heterocycles. The first kappa shape index (κ1) is 57.6. The Morgan fingerprint density at radius 3 is 1.38 bits per heavy atom. The van der Waals surface area contributed by atoms with E-state index in [0.29, 0.717) is 19.3 Å². The predicted molar refractivity (Wildman–Crippen MR) is 259 cm³/mol. The van der Waals surface area contributed by atoms with Gasteiger partial charge in [0, 0.05) is 12.8 Å². The average Bonchev–Trinajstić information content (AvgIpc) is 3.24. The van der Waals surface area contributed by atoms with E-state index in [-0.39, 0.29) is 24.9 Å². The second-order valence-corrected chi connectivity index (χ2v) is 17.2. The van der Waals surface area contributed by atoms with Gasteiger partial charge in [0.1, 0.15) is 6.10 Å². The number of amides is 1. The van der Waals surface area contributed by atoms with E-state index in [4.69, 9.17) is 4.74 Å². The number of hydrogen-bond acceptors (Lipinski definition) is 5. The quantitative estimate of drug-likeness (QED) is 0.0322. The molecule has 0 aromatic heterocycles. The number of rotatable bonds is 45. The second kappa shape index (κ2) is 47.6. The summed E-state index contributed by atoms with van der Waals surface area (Å²) in [5, 5.41) is 23.7. The van der Waals surface area contributed by atoms with Gasteiger partial charge in [0.2, 0.25) is 5.91 Å². The molecule has 3 atom stereocenters. The fourth-order valence-corrected chi connectivity index (χ4v) is 7.40. The van der Waals surface area contributed by atoms with Crippen LogP contribution in [0.15, 0.2) is 60.8 Å². The van der Waals surface area contributed by atoms with Gasteiger partial charge in [-0.25, -0.2) is 0 Å². The van der Waals surface area contributed by atoms with Gasteiger partial charge >= 0.3 is 5.97 Å². The fourth-order valence-electron chi connectivity index (χ4n) is 7.40. The smallest absolute Gasteiger partial charge is 0.306 e. The van der Waals surface area contributed by atoms with Crippen LogP contribution in [0.5, 0.6) is 0 Å². The summed E-state index contributed by atoms with van der Waals surface area (Å²) in [4.78, 5) is 26.1. The van der Waals surface area contributed by atoms with Crippen LogP contribution in [0.25, 0.3) is 0 Å². The molecule has 0 saturated heterocycles. The van der Waals surface area contributed by atoms with Crippen LogP contribution in [0.3, 0.4) is 0 Å².